The van der Waals surface area contributed by atoms with Gasteiger partial charge in [-0.3, -0.25) is 4.99 Å². The second-order valence-corrected chi connectivity index (χ2v) is 11.7. The molecule has 0 saturated carbocycles. The van der Waals surface area contributed by atoms with E-state index < -0.39 is 18.3 Å². The maximum atomic E-state index is 6.82. The number of hydrogen-bond donors (Lipinski definition) is 1. The van der Waals surface area contributed by atoms with Gasteiger partial charge in [-0.15, -0.1) is 0 Å². The first-order valence-corrected chi connectivity index (χ1v) is 16.2. The second-order valence-electron chi connectivity index (χ2n) is 11.7. The number of nitrogens with zero attached hydrogens (tertiary/aromatic N) is 1. The Hall–Kier alpha value is -4.59. The highest BCUT2D eigenvalue weighted by Crippen LogP contribution is 2.26. The fraction of sp³-hybridized carbons (Fsp3) is 0.244. The number of piperidine rings is 1. The van der Waals surface area contributed by atoms with Crippen molar-refractivity contribution in [3.8, 4) is 0 Å². The molecule has 6 heteroatoms. The maximum absolute atomic E-state index is 6.82. The van der Waals surface area contributed by atoms with Crippen molar-refractivity contribution in [3.63, 3.8) is 0 Å². The Morgan fingerprint density at radius 2 is 0.851 bits per heavy atom. The van der Waals surface area contributed by atoms with Gasteiger partial charge in [-0.05, 0) is 27.8 Å². The molecule has 0 spiro atoms. The smallest absolute Gasteiger partial charge is 0.143 e. The predicted molar refractivity (Wildman–Crippen MR) is 186 cm³/mol. The molecule has 1 aliphatic heterocycles. The zero-order chi connectivity index (χ0) is 31.9. The van der Waals surface area contributed by atoms with Crippen molar-refractivity contribution in [1.29, 1.82) is 0 Å². The SMILES string of the molecule is c1ccc(CN=C2N[C@@H](COCc3ccccc3)[C@H](OCc3ccccc3)[C@H](OCc3ccccc3)[C@H]2OCc2ccccc2)cc1. The van der Waals surface area contributed by atoms with E-state index in [0.29, 0.717) is 39.6 Å². The van der Waals surface area contributed by atoms with Crippen LogP contribution in [-0.4, -0.2) is 36.8 Å². The van der Waals surface area contributed by atoms with Crippen molar-refractivity contribution in [2.24, 2.45) is 4.99 Å². The number of nitrogens with one attached hydrogen (secondary N) is 1. The van der Waals surface area contributed by atoms with Crippen LogP contribution < -0.4 is 5.32 Å². The molecular weight excluding hydrogens is 584 g/mol. The van der Waals surface area contributed by atoms with Crippen LogP contribution in [0.15, 0.2) is 157 Å². The molecule has 6 rings (SSSR count). The Labute approximate surface area is 278 Å². The topological polar surface area (TPSA) is 61.3 Å². The molecule has 0 radical (unpaired) electrons. The molecule has 4 atom stereocenters. The molecular formula is C41H42N2O4. The Kier molecular flexibility index (Phi) is 12.0. The third kappa shape index (κ3) is 9.70. The van der Waals surface area contributed by atoms with E-state index in [9.17, 15) is 0 Å². The van der Waals surface area contributed by atoms with E-state index in [1.54, 1.807) is 0 Å². The maximum Gasteiger partial charge on any atom is 0.143 e. The number of aliphatic imine (C=N–C) groups is 1. The Balaban J connectivity index is 1.32. The average Bonchev–Trinajstić information content (AvgIpc) is 3.14. The molecule has 0 aliphatic carbocycles. The number of ether oxygens (including phenoxy) is 4. The minimum Gasteiger partial charge on any atom is -0.375 e. The number of hydrogen-bond acceptors (Lipinski definition) is 5. The van der Waals surface area contributed by atoms with Gasteiger partial charge in [0.2, 0.25) is 0 Å². The minimum absolute atomic E-state index is 0.241. The van der Waals surface area contributed by atoms with Gasteiger partial charge in [-0.1, -0.05) is 152 Å². The third-order valence-corrected chi connectivity index (χ3v) is 8.15. The summed E-state index contributed by atoms with van der Waals surface area (Å²) < 4.78 is 26.7. The summed E-state index contributed by atoms with van der Waals surface area (Å²) in [6, 6.07) is 50.9. The fourth-order valence-corrected chi connectivity index (χ4v) is 5.68. The van der Waals surface area contributed by atoms with Crippen LogP contribution in [0.4, 0.5) is 0 Å². The number of amidine groups is 1. The molecule has 47 heavy (non-hydrogen) atoms. The lowest BCUT2D eigenvalue weighted by atomic mass is 9.94. The molecule has 1 saturated heterocycles. The third-order valence-electron chi connectivity index (χ3n) is 8.15. The molecule has 0 bridgehead atoms. The summed E-state index contributed by atoms with van der Waals surface area (Å²) in [4.78, 5) is 5.11. The molecule has 0 aromatic heterocycles. The minimum atomic E-state index is -0.506. The van der Waals surface area contributed by atoms with Gasteiger partial charge in [-0.25, -0.2) is 0 Å². The second kappa shape index (κ2) is 17.4. The predicted octanol–water partition coefficient (Wildman–Crippen LogP) is 7.53. The standard InChI is InChI=1S/C41H42N2O4/c1-6-16-32(17-7-1)26-42-41-40(47-30-36-24-14-5-15-25-36)39(46-29-35-22-12-4-13-23-35)38(45-28-34-20-10-3-11-21-34)37(43-41)31-44-27-33-18-8-2-9-19-33/h1-25,37-40H,26-31H2,(H,42,43)/t37-,38-,39-,40+/m0/s1. The summed E-state index contributed by atoms with van der Waals surface area (Å²) in [5.74, 6) is 0.732. The van der Waals surface area contributed by atoms with Gasteiger partial charge in [0, 0.05) is 0 Å². The lowest BCUT2D eigenvalue weighted by molar-refractivity contribution is -0.157. The van der Waals surface area contributed by atoms with Crippen molar-refractivity contribution in [2.75, 3.05) is 6.61 Å². The van der Waals surface area contributed by atoms with Gasteiger partial charge in [0.15, 0.2) is 0 Å². The van der Waals surface area contributed by atoms with E-state index in [-0.39, 0.29) is 6.04 Å². The van der Waals surface area contributed by atoms with E-state index >= 15 is 0 Å². The fourth-order valence-electron chi connectivity index (χ4n) is 5.68. The van der Waals surface area contributed by atoms with Crippen molar-refractivity contribution >= 4 is 5.84 Å². The summed E-state index contributed by atoms with van der Waals surface area (Å²) in [7, 11) is 0. The van der Waals surface area contributed by atoms with E-state index in [4.69, 9.17) is 23.9 Å². The van der Waals surface area contributed by atoms with Crippen LogP contribution in [0.3, 0.4) is 0 Å². The Morgan fingerprint density at radius 3 is 1.34 bits per heavy atom. The van der Waals surface area contributed by atoms with E-state index in [1.807, 2.05) is 91.0 Å². The first-order valence-electron chi connectivity index (χ1n) is 16.2. The molecule has 1 fully saturated rings. The average molecular weight is 627 g/mol. The molecule has 0 unspecified atom stereocenters. The summed E-state index contributed by atoms with van der Waals surface area (Å²) in [6.07, 6.45) is -1.37. The van der Waals surface area contributed by atoms with Crippen molar-refractivity contribution in [2.45, 2.75) is 57.3 Å². The lowest BCUT2D eigenvalue weighted by Crippen LogP contribution is -2.66. The summed E-state index contributed by atoms with van der Waals surface area (Å²) in [6.45, 7) is 2.64. The van der Waals surface area contributed by atoms with Crippen LogP contribution in [0.5, 0.6) is 0 Å². The van der Waals surface area contributed by atoms with Gasteiger partial charge in [-0.2, -0.15) is 0 Å². The summed E-state index contributed by atoms with van der Waals surface area (Å²) in [5, 5.41) is 3.71. The molecule has 5 aromatic rings. The Bertz CT molecular complexity index is 1620. The molecule has 0 amide bonds. The molecule has 1 N–H and O–H groups in total. The molecule has 6 nitrogen and oxygen atoms in total. The number of benzene rings is 5. The number of rotatable bonds is 15. The first kappa shape index (κ1) is 32.4. The normalized spacial score (nSPS) is 20.1. The van der Waals surface area contributed by atoms with Gasteiger partial charge < -0.3 is 24.3 Å². The van der Waals surface area contributed by atoms with Gasteiger partial charge in [0.1, 0.15) is 24.1 Å². The van der Waals surface area contributed by atoms with E-state index in [0.717, 1.165) is 33.7 Å². The highest BCUT2D eigenvalue weighted by atomic mass is 16.6. The lowest BCUT2D eigenvalue weighted by Gasteiger charge is -2.44. The van der Waals surface area contributed by atoms with Crippen LogP contribution in [0.25, 0.3) is 0 Å². The monoisotopic (exact) mass is 626 g/mol. The van der Waals surface area contributed by atoms with Crippen molar-refractivity contribution < 1.29 is 18.9 Å². The Morgan fingerprint density at radius 1 is 0.447 bits per heavy atom. The van der Waals surface area contributed by atoms with Gasteiger partial charge in [0.25, 0.3) is 0 Å². The van der Waals surface area contributed by atoms with E-state index in [2.05, 4.69) is 66.0 Å². The highest BCUT2D eigenvalue weighted by Gasteiger charge is 2.45. The van der Waals surface area contributed by atoms with Crippen LogP contribution in [0, 0.1) is 0 Å². The van der Waals surface area contributed by atoms with E-state index in [1.165, 1.54) is 0 Å². The van der Waals surface area contributed by atoms with Crippen molar-refractivity contribution in [1.82, 2.24) is 5.32 Å². The zero-order valence-corrected chi connectivity index (χ0v) is 26.6. The molecule has 1 aliphatic rings. The quantitative estimate of drug-likeness (QED) is 0.130. The van der Waals surface area contributed by atoms with Gasteiger partial charge >= 0.3 is 0 Å². The molecule has 5 aromatic carbocycles. The zero-order valence-electron chi connectivity index (χ0n) is 26.6. The van der Waals surface area contributed by atoms with Crippen LogP contribution in [0.1, 0.15) is 27.8 Å². The summed E-state index contributed by atoms with van der Waals surface area (Å²) in [5.41, 5.74) is 5.47. The van der Waals surface area contributed by atoms with Crippen LogP contribution in [0.2, 0.25) is 0 Å². The first-order chi connectivity index (χ1) is 23.3. The molecule has 240 valence electrons. The summed E-state index contributed by atoms with van der Waals surface area (Å²) >= 11 is 0. The highest BCUT2D eigenvalue weighted by molar-refractivity contribution is 5.88. The van der Waals surface area contributed by atoms with Gasteiger partial charge in [0.05, 0.1) is 45.6 Å². The van der Waals surface area contributed by atoms with Crippen molar-refractivity contribution in [3.05, 3.63) is 179 Å². The molecule has 1 heterocycles. The largest absolute Gasteiger partial charge is 0.375 e. The van der Waals surface area contributed by atoms with Crippen LogP contribution in [-0.2, 0) is 51.9 Å². The van der Waals surface area contributed by atoms with Crippen LogP contribution >= 0.6 is 0 Å².